The summed E-state index contributed by atoms with van der Waals surface area (Å²) in [6.07, 6.45) is 5.01. The van der Waals surface area contributed by atoms with Crippen LogP contribution in [0.5, 0.6) is 0 Å². The molecular weight excluding hydrogens is 344 g/mol. The maximum atomic E-state index is 13.4. The van der Waals surface area contributed by atoms with Gasteiger partial charge in [-0.05, 0) is 56.7 Å². The van der Waals surface area contributed by atoms with Gasteiger partial charge in [-0.15, -0.1) is 0 Å². The molecular formula is C20H26N4O3. The van der Waals surface area contributed by atoms with Crippen LogP contribution in [0.3, 0.4) is 0 Å². The van der Waals surface area contributed by atoms with Crippen molar-refractivity contribution in [3.05, 3.63) is 30.0 Å². The Bertz CT molecular complexity index is 808. The monoisotopic (exact) mass is 370 g/mol. The van der Waals surface area contributed by atoms with Crippen LogP contribution in [0.4, 0.5) is 0 Å². The fourth-order valence-electron chi connectivity index (χ4n) is 4.50. The minimum atomic E-state index is -0.250. The minimum absolute atomic E-state index is 0.123. The Balaban J connectivity index is 0.000000565. The highest BCUT2D eigenvalue weighted by atomic mass is 16.3. The predicted molar refractivity (Wildman–Crippen MR) is 101 cm³/mol. The highest BCUT2D eigenvalue weighted by Crippen LogP contribution is 2.36. The highest BCUT2D eigenvalue weighted by Gasteiger charge is 2.41. The lowest BCUT2D eigenvalue weighted by atomic mass is 9.83. The molecule has 7 heteroatoms. The second-order valence-electron chi connectivity index (χ2n) is 7.83. The first-order valence-corrected chi connectivity index (χ1v) is 9.75. The molecule has 1 amide bonds. The number of aromatic nitrogens is 2. The SMILES string of the molecule is O=C(c1n[nH]c2ccccc12)N(CC1CC1)[C@@H]1CN2CCC1CC2.O=CO. The molecule has 4 heterocycles. The molecule has 7 nitrogen and oxygen atoms in total. The molecule has 3 aliphatic heterocycles. The van der Waals surface area contributed by atoms with Crippen LogP contribution in [0.2, 0.25) is 0 Å². The van der Waals surface area contributed by atoms with Crippen molar-refractivity contribution in [2.75, 3.05) is 26.2 Å². The molecule has 1 aliphatic carbocycles. The van der Waals surface area contributed by atoms with E-state index in [0.717, 1.165) is 24.0 Å². The van der Waals surface area contributed by atoms with Crippen molar-refractivity contribution in [1.29, 1.82) is 0 Å². The van der Waals surface area contributed by atoms with E-state index in [2.05, 4.69) is 20.0 Å². The van der Waals surface area contributed by atoms with Crippen molar-refractivity contribution in [3.8, 4) is 0 Å². The average Bonchev–Trinajstić information content (AvgIpc) is 3.43. The molecule has 3 saturated heterocycles. The van der Waals surface area contributed by atoms with Gasteiger partial charge in [0.2, 0.25) is 0 Å². The molecule has 2 aromatic rings. The Morgan fingerprint density at radius 1 is 1.26 bits per heavy atom. The molecule has 0 unspecified atom stereocenters. The average molecular weight is 370 g/mol. The number of H-pyrrole nitrogens is 1. The molecule has 4 fully saturated rings. The Hall–Kier alpha value is -2.41. The quantitative estimate of drug-likeness (QED) is 0.806. The first kappa shape index (κ1) is 18.0. The van der Waals surface area contributed by atoms with Gasteiger partial charge >= 0.3 is 0 Å². The number of carbonyl (C=O) groups is 2. The van der Waals surface area contributed by atoms with E-state index >= 15 is 0 Å². The van der Waals surface area contributed by atoms with Gasteiger partial charge in [0.15, 0.2) is 5.69 Å². The van der Waals surface area contributed by atoms with E-state index in [1.54, 1.807) is 0 Å². The van der Waals surface area contributed by atoms with Crippen LogP contribution in [0.15, 0.2) is 24.3 Å². The molecule has 1 saturated carbocycles. The van der Waals surface area contributed by atoms with Crippen LogP contribution < -0.4 is 0 Å². The van der Waals surface area contributed by atoms with Gasteiger partial charge in [-0.2, -0.15) is 5.10 Å². The van der Waals surface area contributed by atoms with Gasteiger partial charge in [-0.25, -0.2) is 0 Å². The Morgan fingerprint density at radius 3 is 2.59 bits per heavy atom. The molecule has 144 valence electrons. The zero-order valence-corrected chi connectivity index (χ0v) is 15.4. The van der Waals surface area contributed by atoms with Gasteiger partial charge in [0, 0.05) is 24.5 Å². The van der Waals surface area contributed by atoms with E-state index in [4.69, 9.17) is 9.90 Å². The van der Waals surface area contributed by atoms with Crippen molar-refractivity contribution >= 4 is 23.3 Å². The molecule has 2 bridgehead atoms. The summed E-state index contributed by atoms with van der Waals surface area (Å²) in [6.45, 7) is 4.12. The Kier molecular flexibility index (Phi) is 5.11. The lowest BCUT2D eigenvalue weighted by Crippen LogP contribution is -2.59. The van der Waals surface area contributed by atoms with Gasteiger partial charge < -0.3 is 14.9 Å². The van der Waals surface area contributed by atoms with E-state index < -0.39 is 0 Å². The van der Waals surface area contributed by atoms with Crippen molar-refractivity contribution in [2.24, 2.45) is 11.8 Å². The van der Waals surface area contributed by atoms with Crippen LogP contribution in [0.1, 0.15) is 36.2 Å². The highest BCUT2D eigenvalue weighted by molar-refractivity contribution is 6.04. The summed E-state index contributed by atoms with van der Waals surface area (Å²) in [5, 5.41) is 15.2. The molecule has 1 aromatic heterocycles. The number of carboxylic acid groups (broad SMARTS) is 1. The van der Waals surface area contributed by atoms with Crippen LogP contribution in [0, 0.1) is 11.8 Å². The van der Waals surface area contributed by atoms with Crippen LogP contribution in [-0.4, -0.2) is 69.7 Å². The zero-order chi connectivity index (χ0) is 18.8. The van der Waals surface area contributed by atoms with Gasteiger partial charge in [-0.1, -0.05) is 18.2 Å². The smallest absolute Gasteiger partial charge is 0.290 e. The number of nitrogens with one attached hydrogen (secondary N) is 1. The summed E-state index contributed by atoms with van der Waals surface area (Å²) in [7, 11) is 0. The topological polar surface area (TPSA) is 89.5 Å². The summed E-state index contributed by atoms with van der Waals surface area (Å²) in [5.74, 6) is 1.50. The zero-order valence-electron chi connectivity index (χ0n) is 15.4. The van der Waals surface area contributed by atoms with E-state index in [1.807, 2.05) is 24.3 Å². The first-order chi connectivity index (χ1) is 13.2. The number of hydrogen-bond donors (Lipinski definition) is 2. The first-order valence-electron chi connectivity index (χ1n) is 9.75. The summed E-state index contributed by atoms with van der Waals surface area (Å²) >= 11 is 0. The van der Waals surface area contributed by atoms with Gasteiger partial charge in [0.05, 0.1) is 5.52 Å². The van der Waals surface area contributed by atoms with Gasteiger partial charge in [0.25, 0.3) is 12.4 Å². The second-order valence-corrected chi connectivity index (χ2v) is 7.83. The predicted octanol–water partition coefficient (Wildman–Crippen LogP) is 2.21. The van der Waals surface area contributed by atoms with E-state index in [0.29, 0.717) is 23.6 Å². The van der Waals surface area contributed by atoms with E-state index in [-0.39, 0.29) is 12.4 Å². The number of aromatic amines is 1. The standard InChI is InChI=1S/C19H24N4O.CH2O2/c24-19(18-15-3-1-2-4-16(15)20-21-18)23(11-13-5-6-13)17-12-22-9-7-14(17)8-10-22;2-1-3/h1-4,13-14,17H,5-12H2,(H,20,21);1H,(H,2,3)/t17-;/m1./s1. The second kappa shape index (κ2) is 7.68. The van der Waals surface area contributed by atoms with E-state index in [1.165, 1.54) is 38.8 Å². The fraction of sp³-hybridized carbons (Fsp3) is 0.550. The number of rotatable bonds is 4. The number of nitrogens with zero attached hydrogens (tertiary/aromatic N) is 3. The third kappa shape index (κ3) is 3.69. The van der Waals surface area contributed by atoms with Crippen LogP contribution in [0.25, 0.3) is 10.9 Å². The van der Waals surface area contributed by atoms with Crippen molar-refractivity contribution in [1.82, 2.24) is 20.0 Å². The molecule has 0 spiro atoms. The summed E-state index contributed by atoms with van der Waals surface area (Å²) in [5.41, 5.74) is 1.55. The van der Waals surface area contributed by atoms with Crippen molar-refractivity contribution < 1.29 is 14.7 Å². The fourth-order valence-corrected chi connectivity index (χ4v) is 4.50. The molecule has 6 rings (SSSR count). The molecule has 4 aliphatic rings. The summed E-state index contributed by atoms with van der Waals surface area (Å²) < 4.78 is 0. The number of carbonyl (C=O) groups excluding carboxylic acids is 1. The van der Waals surface area contributed by atoms with Crippen molar-refractivity contribution in [2.45, 2.75) is 31.7 Å². The third-order valence-corrected chi connectivity index (χ3v) is 6.11. The number of fused-ring (bicyclic) bond motifs is 4. The Morgan fingerprint density at radius 2 is 1.96 bits per heavy atom. The van der Waals surface area contributed by atoms with Crippen LogP contribution in [-0.2, 0) is 4.79 Å². The van der Waals surface area contributed by atoms with Crippen LogP contribution >= 0.6 is 0 Å². The molecule has 2 N–H and O–H groups in total. The molecule has 1 aromatic carbocycles. The lowest BCUT2D eigenvalue weighted by Gasteiger charge is -2.49. The number of piperidine rings is 3. The maximum absolute atomic E-state index is 13.4. The summed E-state index contributed by atoms with van der Waals surface area (Å²) in [6, 6.07) is 8.31. The van der Waals surface area contributed by atoms with E-state index in [9.17, 15) is 4.79 Å². The summed E-state index contributed by atoms with van der Waals surface area (Å²) in [4.78, 5) is 26.4. The molecule has 27 heavy (non-hydrogen) atoms. The number of para-hydroxylation sites is 1. The largest absolute Gasteiger partial charge is 0.483 e. The molecule has 0 radical (unpaired) electrons. The number of amides is 1. The van der Waals surface area contributed by atoms with Crippen molar-refractivity contribution in [3.63, 3.8) is 0 Å². The minimum Gasteiger partial charge on any atom is -0.483 e. The Labute approximate surface area is 158 Å². The number of benzene rings is 1. The van der Waals surface area contributed by atoms with Gasteiger partial charge in [-0.3, -0.25) is 14.7 Å². The lowest BCUT2D eigenvalue weighted by molar-refractivity contribution is -0.122. The normalized spacial score (nSPS) is 26.3. The maximum Gasteiger partial charge on any atom is 0.290 e. The number of hydrogen-bond acceptors (Lipinski definition) is 4. The molecule has 1 atom stereocenters. The third-order valence-electron chi connectivity index (χ3n) is 6.11. The van der Waals surface area contributed by atoms with Gasteiger partial charge in [0.1, 0.15) is 0 Å².